The van der Waals surface area contributed by atoms with E-state index in [0.717, 1.165) is 26.0 Å². The molecule has 0 saturated heterocycles. The van der Waals surface area contributed by atoms with Crippen LogP contribution in [0.2, 0.25) is 0 Å². The van der Waals surface area contributed by atoms with Gasteiger partial charge in [-0.25, -0.2) is 0 Å². The second kappa shape index (κ2) is 8.00. The maximum Gasteiger partial charge on any atom is 0.417 e. The van der Waals surface area contributed by atoms with Crippen molar-refractivity contribution in [1.29, 1.82) is 0 Å². The highest BCUT2D eigenvalue weighted by Gasteiger charge is 2.36. The SMILES string of the molecule is CC(=O)ONC(=O)C(Nc1cccc(C(F)(F)F)c1C(C)=O)C(C)C. The normalized spacial score (nSPS) is 12.5. The van der Waals surface area contributed by atoms with Crippen LogP contribution in [0.4, 0.5) is 18.9 Å². The van der Waals surface area contributed by atoms with Crippen molar-refractivity contribution in [2.75, 3.05) is 5.32 Å². The lowest BCUT2D eigenvalue weighted by Gasteiger charge is -2.24. The lowest BCUT2D eigenvalue weighted by molar-refractivity contribution is -0.156. The first kappa shape index (κ1) is 20.5. The molecular weight excluding hydrogens is 341 g/mol. The minimum absolute atomic E-state index is 0.126. The number of carbonyl (C=O) groups excluding carboxylic acids is 3. The molecule has 0 aliphatic carbocycles. The van der Waals surface area contributed by atoms with Crippen LogP contribution in [0, 0.1) is 5.92 Å². The number of Topliss-reactive ketones (excluding diaryl/α,β-unsaturated/α-hetero) is 1. The van der Waals surface area contributed by atoms with Crippen molar-refractivity contribution in [3.05, 3.63) is 29.3 Å². The minimum Gasteiger partial charge on any atom is -0.373 e. The van der Waals surface area contributed by atoms with Crippen molar-refractivity contribution in [2.24, 2.45) is 5.92 Å². The first-order chi connectivity index (χ1) is 11.4. The average molecular weight is 360 g/mol. The van der Waals surface area contributed by atoms with E-state index in [4.69, 9.17) is 0 Å². The van der Waals surface area contributed by atoms with Crippen LogP contribution in [-0.4, -0.2) is 23.7 Å². The van der Waals surface area contributed by atoms with E-state index in [1.807, 2.05) is 5.48 Å². The summed E-state index contributed by atoms with van der Waals surface area (Å²) in [5.41, 5.74) is 0.149. The number of halogens is 3. The van der Waals surface area contributed by atoms with Crippen LogP contribution in [0.5, 0.6) is 0 Å². The molecule has 1 rings (SSSR count). The zero-order valence-corrected chi connectivity index (χ0v) is 14.2. The fourth-order valence-electron chi connectivity index (χ4n) is 2.18. The Labute approximate surface area is 142 Å². The summed E-state index contributed by atoms with van der Waals surface area (Å²) in [4.78, 5) is 39.0. The van der Waals surface area contributed by atoms with E-state index in [1.165, 1.54) is 6.07 Å². The van der Waals surface area contributed by atoms with Crippen molar-refractivity contribution >= 4 is 23.3 Å². The van der Waals surface area contributed by atoms with Gasteiger partial charge in [0.05, 0.1) is 11.1 Å². The fourth-order valence-corrected chi connectivity index (χ4v) is 2.18. The maximum absolute atomic E-state index is 13.1. The molecule has 6 nitrogen and oxygen atoms in total. The van der Waals surface area contributed by atoms with Gasteiger partial charge in [-0.15, -0.1) is 0 Å². The van der Waals surface area contributed by atoms with Gasteiger partial charge in [0.15, 0.2) is 5.78 Å². The van der Waals surface area contributed by atoms with Gasteiger partial charge >= 0.3 is 12.1 Å². The second-order valence-corrected chi connectivity index (χ2v) is 5.71. The summed E-state index contributed by atoms with van der Waals surface area (Å²) < 4.78 is 39.4. The van der Waals surface area contributed by atoms with Gasteiger partial charge in [-0.3, -0.25) is 14.4 Å². The topological polar surface area (TPSA) is 84.5 Å². The number of benzene rings is 1. The molecule has 0 aromatic heterocycles. The fraction of sp³-hybridized carbons (Fsp3) is 0.438. The standard InChI is InChI=1S/C16H19F3N2O4/c1-8(2)14(15(24)21-25-10(4)23)20-12-7-5-6-11(16(17,18)19)13(12)9(3)22/h5-8,14,20H,1-4H3,(H,21,24). The van der Waals surface area contributed by atoms with Crippen molar-refractivity contribution < 1.29 is 32.4 Å². The lowest BCUT2D eigenvalue weighted by atomic mass is 9.98. The number of hydrogen-bond donors (Lipinski definition) is 2. The molecular formula is C16H19F3N2O4. The molecule has 9 heteroatoms. The van der Waals surface area contributed by atoms with Crippen LogP contribution in [-0.2, 0) is 20.6 Å². The highest BCUT2D eigenvalue weighted by Crippen LogP contribution is 2.35. The van der Waals surface area contributed by atoms with Crippen LogP contribution in [0.3, 0.4) is 0 Å². The molecule has 0 spiro atoms. The maximum atomic E-state index is 13.1. The molecule has 1 aromatic carbocycles. The lowest BCUT2D eigenvalue weighted by Crippen LogP contribution is -2.43. The molecule has 0 aliphatic heterocycles. The van der Waals surface area contributed by atoms with Gasteiger partial charge in [0.25, 0.3) is 5.91 Å². The van der Waals surface area contributed by atoms with Gasteiger partial charge in [-0.1, -0.05) is 19.9 Å². The first-order valence-electron chi connectivity index (χ1n) is 7.40. The summed E-state index contributed by atoms with van der Waals surface area (Å²) in [5.74, 6) is -2.67. The summed E-state index contributed by atoms with van der Waals surface area (Å²) in [5, 5.41) is 2.64. The van der Waals surface area contributed by atoms with Gasteiger partial charge < -0.3 is 10.2 Å². The van der Waals surface area contributed by atoms with Gasteiger partial charge in [-0.2, -0.15) is 18.7 Å². The zero-order chi connectivity index (χ0) is 19.4. The summed E-state index contributed by atoms with van der Waals surface area (Å²) >= 11 is 0. The van der Waals surface area contributed by atoms with E-state index in [-0.39, 0.29) is 11.6 Å². The third kappa shape index (κ3) is 5.47. The molecule has 0 aliphatic rings. The number of anilines is 1. The molecule has 1 aromatic rings. The molecule has 2 N–H and O–H groups in total. The number of hydroxylamine groups is 1. The highest BCUT2D eigenvalue weighted by atomic mass is 19.4. The Morgan fingerprint density at radius 2 is 1.72 bits per heavy atom. The molecule has 25 heavy (non-hydrogen) atoms. The van der Waals surface area contributed by atoms with Crippen molar-refractivity contribution in [2.45, 2.75) is 39.9 Å². The number of ketones is 1. The van der Waals surface area contributed by atoms with E-state index in [9.17, 15) is 27.6 Å². The summed E-state index contributed by atoms with van der Waals surface area (Å²) in [6.07, 6.45) is -4.72. The van der Waals surface area contributed by atoms with Crippen LogP contribution in [0.1, 0.15) is 43.6 Å². The third-order valence-electron chi connectivity index (χ3n) is 3.28. The molecule has 0 radical (unpaired) electrons. The Balaban J connectivity index is 3.24. The smallest absolute Gasteiger partial charge is 0.373 e. The Bertz CT molecular complexity index is 672. The van der Waals surface area contributed by atoms with Gasteiger partial charge in [-0.05, 0) is 25.0 Å². The van der Waals surface area contributed by atoms with Crippen LogP contribution >= 0.6 is 0 Å². The molecule has 1 unspecified atom stereocenters. The van der Waals surface area contributed by atoms with Crippen molar-refractivity contribution in [3.8, 4) is 0 Å². The van der Waals surface area contributed by atoms with E-state index in [0.29, 0.717) is 0 Å². The van der Waals surface area contributed by atoms with Crippen LogP contribution in [0.25, 0.3) is 0 Å². The first-order valence-corrected chi connectivity index (χ1v) is 7.40. The Morgan fingerprint density at radius 1 is 1.12 bits per heavy atom. The highest BCUT2D eigenvalue weighted by molar-refractivity contribution is 6.02. The van der Waals surface area contributed by atoms with Crippen molar-refractivity contribution in [3.63, 3.8) is 0 Å². The number of amides is 1. The van der Waals surface area contributed by atoms with Crippen LogP contribution < -0.4 is 10.8 Å². The second-order valence-electron chi connectivity index (χ2n) is 5.71. The summed E-state index contributed by atoms with van der Waals surface area (Å²) in [7, 11) is 0. The number of carbonyl (C=O) groups is 3. The number of nitrogens with one attached hydrogen (secondary N) is 2. The Hall–Kier alpha value is -2.58. The van der Waals surface area contributed by atoms with Gasteiger partial charge in [0.2, 0.25) is 0 Å². The van der Waals surface area contributed by atoms with E-state index >= 15 is 0 Å². The van der Waals surface area contributed by atoms with Crippen LogP contribution in [0.15, 0.2) is 18.2 Å². The van der Waals surface area contributed by atoms with Crippen molar-refractivity contribution in [1.82, 2.24) is 5.48 Å². The predicted molar refractivity (Wildman–Crippen MR) is 83.6 cm³/mol. The molecule has 0 saturated carbocycles. The van der Waals surface area contributed by atoms with Gasteiger partial charge in [0, 0.05) is 12.6 Å². The molecule has 0 heterocycles. The molecule has 1 amide bonds. The monoisotopic (exact) mass is 360 g/mol. The Morgan fingerprint density at radius 3 is 2.16 bits per heavy atom. The largest absolute Gasteiger partial charge is 0.417 e. The summed E-state index contributed by atoms with van der Waals surface area (Å²) in [6.45, 7) is 5.38. The number of hydrogen-bond acceptors (Lipinski definition) is 5. The third-order valence-corrected chi connectivity index (χ3v) is 3.28. The molecule has 1 atom stereocenters. The number of alkyl halides is 3. The molecule has 0 bridgehead atoms. The Kier molecular flexibility index (Phi) is 6.55. The molecule has 0 fully saturated rings. The van der Waals surface area contributed by atoms with E-state index < -0.39 is 41.0 Å². The zero-order valence-electron chi connectivity index (χ0n) is 14.2. The minimum atomic E-state index is -4.72. The molecule has 138 valence electrons. The van der Waals surface area contributed by atoms with E-state index in [2.05, 4.69) is 10.2 Å². The average Bonchev–Trinajstić information content (AvgIpc) is 2.48. The number of rotatable bonds is 5. The predicted octanol–water partition coefficient (Wildman–Crippen LogP) is 2.94. The quantitative estimate of drug-likeness (QED) is 0.623. The van der Waals surface area contributed by atoms with Gasteiger partial charge in [0.1, 0.15) is 6.04 Å². The summed E-state index contributed by atoms with van der Waals surface area (Å²) in [6, 6.07) is 2.19. The van der Waals surface area contributed by atoms with E-state index in [1.54, 1.807) is 13.8 Å².